The summed E-state index contributed by atoms with van der Waals surface area (Å²) in [6.07, 6.45) is 0.483. The van der Waals surface area contributed by atoms with Crippen molar-refractivity contribution >= 4 is 19.6 Å². The number of carboxylic acid groups (broad SMARTS) is 1. The predicted molar refractivity (Wildman–Crippen MR) is 127 cm³/mol. The van der Waals surface area contributed by atoms with Crippen molar-refractivity contribution in [3.05, 3.63) is 82.9 Å². The standard InChI is InChI=1S/C26H27O9P.2Na/c1-17-11-18(2)13-22(12-17)34-36(30,31)35-24-10-8-19(14-25(24)32-3)7-9-23(27)20-5-4-6-21(15-20)33-16-26(28)29;;/h4-6,8,10-15H,7,9,16H2,1-3H3,(H,28,29)(H,30,31);;/q;2*+1/p-2. The Hall–Kier alpha value is -1.81. The maximum absolute atomic E-state index is 12.6. The van der Waals surface area contributed by atoms with E-state index in [1.54, 1.807) is 42.5 Å². The summed E-state index contributed by atoms with van der Waals surface area (Å²) in [4.78, 5) is 35.6. The molecule has 0 aliphatic rings. The third-order valence-electron chi connectivity index (χ3n) is 5.00. The van der Waals surface area contributed by atoms with Crippen molar-refractivity contribution in [1.82, 2.24) is 0 Å². The third kappa shape index (κ3) is 10.8. The van der Waals surface area contributed by atoms with Gasteiger partial charge in [-0.05, 0) is 73.4 Å². The summed E-state index contributed by atoms with van der Waals surface area (Å²) in [5, 5.41) is 10.5. The topological polar surface area (TPSA) is 134 Å². The van der Waals surface area contributed by atoms with Crippen molar-refractivity contribution in [3.63, 3.8) is 0 Å². The predicted octanol–water partition coefficient (Wildman–Crippen LogP) is -2.81. The zero-order valence-corrected chi connectivity index (χ0v) is 26.9. The number of hydrogen-bond acceptors (Lipinski definition) is 9. The molecule has 0 aromatic heterocycles. The fraction of sp³-hybridized carbons (Fsp3) is 0.231. The van der Waals surface area contributed by atoms with Crippen molar-refractivity contribution in [2.45, 2.75) is 26.7 Å². The Morgan fingerprint density at radius 3 is 2.18 bits per heavy atom. The van der Waals surface area contributed by atoms with Crippen LogP contribution in [0, 0.1) is 13.8 Å². The second-order valence-corrected chi connectivity index (χ2v) is 9.31. The van der Waals surface area contributed by atoms with Crippen molar-refractivity contribution < 1.29 is 102 Å². The summed E-state index contributed by atoms with van der Waals surface area (Å²) < 4.78 is 33.0. The van der Waals surface area contributed by atoms with Gasteiger partial charge >= 0.3 is 66.9 Å². The molecule has 12 heteroatoms. The second-order valence-electron chi connectivity index (χ2n) is 8.05. The molecule has 0 aliphatic carbocycles. The molecule has 0 aliphatic heterocycles. The van der Waals surface area contributed by atoms with Crippen LogP contribution in [0.1, 0.15) is 33.5 Å². The quantitative estimate of drug-likeness (QED) is 0.131. The van der Waals surface area contributed by atoms with E-state index in [4.69, 9.17) is 18.5 Å². The first kappa shape index (κ1) is 34.2. The van der Waals surface area contributed by atoms with Crippen LogP contribution in [-0.4, -0.2) is 25.5 Å². The van der Waals surface area contributed by atoms with E-state index < -0.39 is 20.4 Å². The van der Waals surface area contributed by atoms with Crippen LogP contribution in [0.15, 0.2) is 60.7 Å². The molecule has 9 nitrogen and oxygen atoms in total. The number of benzene rings is 3. The number of phosphoric acid groups is 1. The summed E-state index contributed by atoms with van der Waals surface area (Å²) in [5.41, 5.74) is 2.78. The molecule has 0 radical (unpaired) electrons. The molecule has 3 aromatic rings. The maximum atomic E-state index is 12.6. The number of Topliss-reactive ketones (excluding diaryl/α,β-unsaturated/α-hetero) is 1. The van der Waals surface area contributed by atoms with E-state index in [1.165, 1.54) is 19.2 Å². The molecule has 3 aromatic carbocycles. The molecule has 0 bridgehead atoms. The number of aliphatic carboxylic acids is 1. The van der Waals surface area contributed by atoms with E-state index in [1.807, 2.05) is 19.9 Å². The Morgan fingerprint density at radius 1 is 0.868 bits per heavy atom. The van der Waals surface area contributed by atoms with Gasteiger partial charge in [0.2, 0.25) is 0 Å². The summed E-state index contributed by atoms with van der Waals surface area (Å²) in [6.45, 7) is 3.03. The number of carboxylic acids is 1. The summed E-state index contributed by atoms with van der Waals surface area (Å²) >= 11 is 0. The van der Waals surface area contributed by atoms with Crippen molar-refractivity contribution in [1.29, 1.82) is 0 Å². The number of carbonyl (C=O) groups is 2. The number of phosphoric ester groups is 1. The third-order valence-corrected chi connectivity index (χ3v) is 5.86. The Labute approximate surface area is 265 Å². The van der Waals surface area contributed by atoms with Crippen LogP contribution in [0.25, 0.3) is 0 Å². The first-order valence-corrected chi connectivity index (χ1v) is 12.4. The first-order valence-electron chi connectivity index (χ1n) is 11.0. The summed E-state index contributed by atoms with van der Waals surface area (Å²) in [5.74, 6) is -1.03. The number of rotatable bonds is 12. The average Bonchev–Trinajstić information content (AvgIpc) is 2.80. The number of ether oxygens (including phenoxy) is 2. The van der Waals surface area contributed by atoms with Gasteiger partial charge in [-0.15, -0.1) is 0 Å². The molecule has 0 fully saturated rings. The molecular formula is C26H25Na2O9P. The van der Waals surface area contributed by atoms with Crippen LogP contribution < -0.4 is 87.6 Å². The molecule has 1 unspecified atom stereocenters. The largest absolute Gasteiger partial charge is 1.00 e. The van der Waals surface area contributed by atoms with Gasteiger partial charge in [0, 0.05) is 12.0 Å². The molecule has 0 heterocycles. The smallest absolute Gasteiger partial charge is 0.736 e. The van der Waals surface area contributed by atoms with Gasteiger partial charge in [-0.3, -0.25) is 4.79 Å². The number of methoxy groups -OCH3 is 1. The van der Waals surface area contributed by atoms with E-state index in [2.05, 4.69) is 0 Å². The molecule has 38 heavy (non-hydrogen) atoms. The first-order chi connectivity index (χ1) is 17.0. The molecule has 0 N–H and O–H groups in total. The Kier molecular flexibility index (Phi) is 14.1. The number of carbonyl (C=O) groups excluding carboxylic acids is 2. The average molecular weight is 558 g/mol. The number of hydrogen-bond donors (Lipinski definition) is 0. The van der Waals surface area contributed by atoms with Gasteiger partial charge in [0.1, 0.15) is 18.1 Å². The minimum absolute atomic E-state index is 0. The summed E-state index contributed by atoms with van der Waals surface area (Å²) in [7, 11) is -3.39. The van der Waals surface area contributed by atoms with E-state index in [9.17, 15) is 24.2 Å². The molecule has 0 spiro atoms. The van der Waals surface area contributed by atoms with Crippen LogP contribution in [0.5, 0.6) is 23.0 Å². The van der Waals surface area contributed by atoms with Gasteiger partial charge in [0.15, 0.2) is 17.3 Å². The summed E-state index contributed by atoms with van der Waals surface area (Å²) in [6, 6.07) is 15.9. The Balaban J connectivity index is 0.00000361. The minimum Gasteiger partial charge on any atom is -0.736 e. The van der Waals surface area contributed by atoms with E-state index in [-0.39, 0.29) is 94.3 Å². The molecular weight excluding hydrogens is 533 g/mol. The van der Waals surface area contributed by atoms with Crippen molar-refractivity contribution in [2.75, 3.05) is 13.7 Å². The Morgan fingerprint density at radius 2 is 1.55 bits per heavy atom. The van der Waals surface area contributed by atoms with E-state index >= 15 is 0 Å². The van der Waals surface area contributed by atoms with Crippen molar-refractivity contribution in [2.24, 2.45) is 0 Å². The molecule has 190 valence electrons. The fourth-order valence-corrected chi connectivity index (χ4v) is 4.29. The second kappa shape index (κ2) is 15.7. The van der Waals surface area contributed by atoms with E-state index in [0.717, 1.165) is 11.1 Å². The van der Waals surface area contributed by atoms with Gasteiger partial charge in [-0.25, -0.2) is 4.57 Å². The van der Waals surface area contributed by atoms with Crippen LogP contribution in [0.4, 0.5) is 0 Å². The number of ketones is 1. The normalized spacial score (nSPS) is 11.7. The van der Waals surface area contributed by atoms with Gasteiger partial charge < -0.3 is 33.3 Å². The Bertz CT molecular complexity index is 1290. The van der Waals surface area contributed by atoms with Crippen LogP contribution in [0.2, 0.25) is 0 Å². The van der Waals surface area contributed by atoms with E-state index in [0.29, 0.717) is 17.5 Å². The van der Waals surface area contributed by atoms with Crippen LogP contribution in [0.3, 0.4) is 0 Å². The van der Waals surface area contributed by atoms with Crippen molar-refractivity contribution in [3.8, 4) is 23.0 Å². The number of aryl methyl sites for hydroxylation is 3. The van der Waals surface area contributed by atoms with Crippen LogP contribution in [-0.2, 0) is 15.8 Å². The minimum atomic E-state index is -4.76. The fourth-order valence-electron chi connectivity index (χ4n) is 3.50. The zero-order valence-electron chi connectivity index (χ0n) is 22.0. The molecule has 0 saturated heterocycles. The molecule has 0 amide bonds. The molecule has 0 saturated carbocycles. The molecule has 1 atom stereocenters. The zero-order chi connectivity index (χ0) is 26.3. The SMILES string of the molecule is COc1cc(CCC(=O)c2cccc(OCC(=O)[O-])c2)ccc1OP(=O)([O-])Oc1cc(C)cc(C)c1.[Na+].[Na+]. The molecule has 3 rings (SSSR count). The van der Waals surface area contributed by atoms with Crippen LogP contribution >= 0.6 is 7.82 Å². The van der Waals surface area contributed by atoms with Gasteiger partial charge in [-0.2, -0.15) is 0 Å². The maximum Gasteiger partial charge on any atom is 1.00 e. The van der Waals surface area contributed by atoms with Gasteiger partial charge in [0.25, 0.3) is 0 Å². The van der Waals surface area contributed by atoms with Gasteiger partial charge in [-0.1, -0.05) is 24.3 Å². The monoisotopic (exact) mass is 558 g/mol. The van der Waals surface area contributed by atoms with Gasteiger partial charge in [0.05, 0.1) is 13.1 Å².